The topological polar surface area (TPSA) is 49.4 Å². The van der Waals surface area contributed by atoms with Crippen molar-refractivity contribution in [3.63, 3.8) is 0 Å². The first-order chi connectivity index (χ1) is 20.3. The zero-order chi connectivity index (χ0) is 35.0. The number of alkyl halides is 17. The van der Waals surface area contributed by atoms with Gasteiger partial charge in [-0.05, 0) is 0 Å². The van der Waals surface area contributed by atoms with Crippen molar-refractivity contribution >= 4 is 0 Å². The zero-order valence-corrected chi connectivity index (χ0v) is 22.8. The molecule has 1 saturated heterocycles. The highest BCUT2D eigenvalue weighted by Crippen LogP contribution is 2.64. The number of rotatable bonds is 9. The molecule has 0 saturated carbocycles. The van der Waals surface area contributed by atoms with Crippen molar-refractivity contribution in [1.82, 2.24) is 4.90 Å². The Hall–Kier alpha value is -1.43. The van der Waals surface area contributed by atoms with Gasteiger partial charge < -0.3 is 23.7 Å². The van der Waals surface area contributed by atoms with Gasteiger partial charge in [-0.1, -0.05) is 0 Å². The maximum Gasteiger partial charge on any atom is 0.460 e. The molecule has 0 radical (unpaired) electrons. The highest BCUT2D eigenvalue weighted by Gasteiger charge is 2.95. The largest absolute Gasteiger partial charge is 0.460 e. The molecule has 0 amide bonds. The fourth-order valence-electron chi connectivity index (χ4n) is 3.36. The van der Waals surface area contributed by atoms with Gasteiger partial charge in [-0.15, -0.1) is 0 Å². The van der Waals surface area contributed by atoms with Gasteiger partial charge in [0.15, 0.2) is 0 Å². The van der Waals surface area contributed by atoms with Crippen LogP contribution >= 0.6 is 0 Å². The van der Waals surface area contributed by atoms with E-state index in [9.17, 15) is 74.6 Å². The van der Waals surface area contributed by atoms with Crippen LogP contribution in [-0.4, -0.2) is 138 Å². The number of hydrogen-bond donors (Lipinski definition) is 0. The molecule has 0 N–H and O–H groups in total. The minimum absolute atomic E-state index is 0.00482. The van der Waals surface area contributed by atoms with Crippen molar-refractivity contribution in [2.24, 2.45) is 0 Å². The van der Waals surface area contributed by atoms with Crippen LogP contribution in [0, 0.1) is 0 Å². The summed E-state index contributed by atoms with van der Waals surface area (Å²) in [5.41, 5.74) is 0. The molecule has 0 aliphatic carbocycles. The minimum atomic E-state index is -8.65. The van der Waals surface area contributed by atoms with Crippen LogP contribution in [0.3, 0.4) is 0 Å². The number of halogens is 17. The third-order valence-electron chi connectivity index (χ3n) is 6.12. The summed E-state index contributed by atoms with van der Waals surface area (Å²) in [6.45, 7) is -2.53. The molecular weight excluding hydrogens is 681 g/mol. The van der Waals surface area contributed by atoms with Crippen molar-refractivity contribution in [3.8, 4) is 0 Å². The molecule has 0 atom stereocenters. The predicted molar refractivity (Wildman–Crippen MR) is 116 cm³/mol. The van der Waals surface area contributed by atoms with Gasteiger partial charge in [0, 0.05) is 26.1 Å². The van der Waals surface area contributed by atoms with E-state index in [1.165, 1.54) is 0 Å². The van der Waals surface area contributed by atoms with Crippen LogP contribution in [0.25, 0.3) is 0 Å². The first-order valence-corrected chi connectivity index (χ1v) is 12.7. The summed E-state index contributed by atoms with van der Waals surface area (Å²) in [5, 5.41) is 0. The van der Waals surface area contributed by atoms with E-state index in [-0.39, 0.29) is 66.1 Å². The Morgan fingerprint density at radius 3 is 0.933 bits per heavy atom. The van der Waals surface area contributed by atoms with Crippen molar-refractivity contribution in [2.45, 2.75) is 54.1 Å². The monoisotopic (exact) mass is 709 g/mol. The molecule has 1 aliphatic rings. The van der Waals surface area contributed by atoms with E-state index < -0.39 is 73.7 Å². The molecule has 270 valence electrons. The second-order valence-corrected chi connectivity index (χ2v) is 9.30. The van der Waals surface area contributed by atoms with Gasteiger partial charge >= 0.3 is 47.6 Å². The summed E-state index contributed by atoms with van der Waals surface area (Å²) in [5.74, 6) is -56.5. The summed E-state index contributed by atoms with van der Waals surface area (Å²) < 4.78 is 255. The average molecular weight is 709 g/mol. The van der Waals surface area contributed by atoms with Crippen LogP contribution in [0.15, 0.2) is 0 Å². The molecule has 6 nitrogen and oxygen atoms in total. The summed E-state index contributed by atoms with van der Waals surface area (Å²) >= 11 is 0. The lowest BCUT2D eigenvalue weighted by Gasteiger charge is -2.43. The molecule has 0 aromatic heterocycles. The Labute approximate surface area is 244 Å². The van der Waals surface area contributed by atoms with Gasteiger partial charge in [0.2, 0.25) is 0 Å². The van der Waals surface area contributed by atoms with Crippen LogP contribution in [0.1, 0.15) is 6.42 Å². The number of hydrogen-bond acceptors (Lipinski definition) is 6. The van der Waals surface area contributed by atoms with Crippen molar-refractivity contribution in [1.29, 1.82) is 0 Å². The number of ether oxygens (including phenoxy) is 5. The maximum atomic E-state index is 14.3. The smallest absolute Gasteiger partial charge is 0.378 e. The van der Waals surface area contributed by atoms with Gasteiger partial charge in [0.1, 0.15) is 0 Å². The van der Waals surface area contributed by atoms with E-state index in [1.807, 2.05) is 0 Å². The fraction of sp³-hybridized carbons (Fsp3) is 1.00. The molecule has 0 spiro atoms. The quantitative estimate of drug-likeness (QED) is 0.283. The van der Waals surface area contributed by atoms with E-state index in [2.05, 4.69) is 0 Å². The van der Waals surface area contributed by atoms with Crippen LogP contribution in [0.4, 0.5) is 74.6 Å². The number of nitrogens with zero attached hydrogens (tertiary/aromatic N) is 1. The van der Waals surface area contributed by atoms with E-state index in [4.69, 9.17) is 23.7 Å². The van der Waals surface area contributed by atoms with Gasteiger partial charge in [-0.3, -0.25) is 4.90 Å². The van der Waals surface area contributed by atoms with Crippen LogP contribution in [0.2, 0.25) is 0 Å². The van der Waals surface area contributed by atoms with Gasteiger partial charge in [0.05, 0.1) is 66.1 Å². The Morgan fingerprint density at radius 2 is 0.622 bits per heavy atom. The molecule has 1 aliphatic heterocycles. The third-order valence-corrected chi connectivity index (χ3v) is 6.12. The average Bonchev–Trinajstić information content (AvgIpc) is 2.91. The standard InChI is InChI=1S/C22H28F17NO5/c23-15(24,1-2-40-3-5-41-7-9-43-11-13-45-14-12-44-10-8-42-6-4-40)16(25,26)17(27,28)18(29,30)19(31,32)20(33,34)21(35,36)22(37,38)39/h1-14H2. The Bertz CT molecular complexity index is 871. The highest BCUT2D eigenvalue weighted by molar-refractivity contribution is 5.15. The molecule has 1 fully saturated rings. The fourth-order valence-corrected chi connectivity index (χ4v) is 3.36. The molecule has 0 aromatic rings. The van der Waals surface area contributed by atoms with E-state index in [1.54, 1.807) is 0 Å². The molecule has 0 aromatic carbocycles. The molecule has 1 heterocycles. The predicted octanol–water partition coefficient (Wildman–Crippen LogP) is 5.78. The Morgan fingerprint density at radius 1 is 0.356 bits per heavy atom. The normalized spacial score (nSPS) is 20.5. The van der Waals surface area contributed by atoms with Crippen LogP contribution in [-0.2, 0) is 23.7 Å². The second-order valence-electron chi connectivity index (χ2n) is 9.30. The lowest BCUT2D eigenvalue weighted by atomic mass is 9.88. The summed E-state index contributed by atoms with van der Waals surface area (Å²) in [6, 6.07) is 0. The van der Waals surface area contributed by atoms with Crippen molar-refractivity contribution in [3.05, 3.63) is 0 Å². The Kier molecular flexibility index (Phi) is 14.5. The summed E-state index contributed by atoms with van der Waals surface area (Å²) in [6.07, 6.45) is -10.4. The first kappa shape index (κ1) is 41.6. The van der Waals surface area contributed by atoms with E-state index in [0.717, 1.165) is 4.90 Å². The van der Waals surface area contributed by atoms with Gasteiger partial charge in [-0.25, -0.2) is 0 Å². The maximum absolute atomic E-state index is 14.3. The highest BCUT2D eigenvalue weighted by atomic mass is 19.4. The summed E-state index contributed by atoms with van der Waals surface area (Å²) in [4.78, 5) is 0.783. The van der Waals surface area contributed by atoms with E-state index >= 15 is 0 Å². The molecule has 1 rings (SSSR count). The minimum Gasteiger partial charge on any atom is -0.378 e. The SMILES string of the molecule is FC(F)(F)C(F)(F)C(F)(F)C(F)(F)C(F)(F)C(F)(F)C(F)(F)C(F)(F)CCN1CCOCCOCCOCCOCCOCC1. The van der Waals surface area contributed by atoms with Gasteiger partial charge in [-0.2, -0.15) is 74.6 Å². The second kappa shape index (κ2) is 15.6. The lowest BCUT2D eigenvalue weighted by molar-refractivity contribution is -0.461. The zero-order valence-electron chi connectivity index (χ0n) is 22.8. The molecule has 45 heavy (non-hydrogen) atoms. The molecule has 0 bridgehead atoms. The lowest BCUT2D eigenvalue weighted by Crippen LogP contribution is -2.74. The molecule has 23 heteroatoms. The molecular formula is C22H28F17NO5. The third kappa shape index (κ3) is 9.14. The van der Waals surface area contributed by atoms with Crippen molar-refractivity contribution < 1.29 is 98.3 Å². The Balaban J connectivity index is 3.13. The van der Waals surface area contributed by atoms with Crippen LogP contribution < -0.4 is 0 Å². The van der Waals surface area contributed by atoms with Crippen LogP contribution in [0.5, 0.6) is 0 Å². The first-order valence-electron chi connectivity index (χ1n) is 12.7. The van der Waals surface area contributed by atoms with Gasteiger partial charge in [0.25, 0.3) is 0 Å². The van der Waals surface area contributed by atoms with E-state index in [0.29, 0.717) is 0 Å². The molecule has 0 unspecified atom stereocenters. The summed E-state index contributed by atoms with van der Waals surface area (Å²) in [7, 11) is 0. The van der Waals surface area contributed by atoms with Crippen molar-refractivity contribution in [2.75, 3.05) is 85.7 Å².